The number of benzene rings is 2. The van der Waals surface area contributed by atoms with Crippen molar-refractivity contribution < 1.29 is 4.79 Å². The molecule has 0 radical (unpaired) electrons. The summed E-state index contributed by atoms with van der Waals surface area (Å²) in [5.41, 5.74) is 5.56. The molecule has 4 aromatic rings. The highest BCUT2D eigenvalue weighted by Crippen LogP contribution is 2.27. The standard InChI is InChI=1S/C24H26N4O/c1-17(15-27-13-7-12-25-27)26-24(29)21-10-11-23-22(14-21)18(2)19(3)28(23)16-20-8-5-4-6-9-20/h4-14,17H,15-16H2,1-3H3,(H,26,29). The van der Waals surface area contributed by atoms with Crippen molar-refractivity contribution in [1.82, 2.24) is 19.7 Å². The van der Waals surface area contributed by atoms with Crippen LogP contribution in [0.4, 0.5) is 0 Å². The first-order valence-corrected chi connectivity index (χ1v) is 9.94. The summed E-state index contributed by atoms with van der Waals surface area (Å²) in [6, 6.07) is 18.3. The molecule has 0 aliphatic rings. The van der Waals surface area contributed by atoms with Gasteiger partial charge in [-0.2, -0.15) is 5.10 Å². The molecule has 1 amide bonds. The zero-order valence-corrected chi connectivity index (χ0v) is 17.1. The average molecular weight is 386 g/mol. The van der Waals surface area contributed by atoms with Crippen LogP contribution in [0, 0.1) is 13.8 Å². The molecule has 0 fully saturated rings. The average Bonchev–Trinajstić information content (AvgIpc) is 3.31. The Morgan fingerprint density at radius 3 is 2.62 bits per heavy atom. The number of nitrogens with one attached hydrogen (secondary N) is 1. The number of rotatable bonds is 6. The van der Waals surface area contributed by atoms with Crippen LogP contribution in [-0.4, -0.2) is 26.3 Å². The third-order valence-corrected chi connectivity index (χ3v) is 5.48. The number of nitrogens with zero attached hydrogens (tertiary/aromatic N) is 3. The molecule has 2 heterocycles. The first-order valence-electron chi connectivity index (χ1n) is 9.94. The summed E-state index contributed by atoms with van der Waals surface area (Å²) >= 11 is 0. The molecule has 0 saturated carbocycles. The lowest BCUT2D eigenvalue weighted by molar-refractivity contribution is 0.0936. The smallest absolute Gasteiger partial charge is 0.251 e. The number of hydrogen-bond donors (Lipinski definition) is 1. The molecule has 0 bridgehead atoms. The number of aryl methyl sites for hydroxylation is 1. The normalized spacial score (nSPS) is 12.2. The van der Waals surface area contributed by atoms with Crippen LogP contribution in [-0.2, 0) is 13.1 Å². The van der Waals surface area contributed by atoms with E-state index < -0.39 is 0 Å². The van der Waals surface area contributed by atoms with E-state index in [2.05, 4.69) is 59.2 Å². The van der Waals surface area contributed by atoms with Gasteiger partial charge in [0.05, 0.1) is 6.54 Å². The van der Waals surface area contributed by atoms with Crippen molar-refractivity contribution in [2.75, 3.05) is 0 Å². The molecule has 0 saturated heterocycles. The molecule has 5 heteroatoms. The Morgan fingerprint density at radius 2 is 1.90 bits per heavy atom. The summed E-state index contributed by atoms with van der Waals surface area (Å²) < 4.78 is 4.15. The highest BCUT2D eigenvalue weighted by molar-refractivity contribution is 5.99. The molecule has 0 aliphatic carbocycles. The van der Waals surface area contributed by atoms with Gasteiger partial charge in [0.2, 0.25) is 0 Å². The maximum Gasteiger partial charge on any atom is 0.251 e. The van der Waals surface area contributed by atoms with Crippen molar-refractivity contribution in [2.24, 2.45) is 0 Å². The molecule has 148 valence electrons. The summed E-state index contributed by atoms with van der Waals surface area (Å²) in [7, 11) is 0. The quantitative estimate of drug-likeness (QED) is 0.536. The van der Waals surface area contributed by atoms with Gasteiger partial charge < -0.3 is 9.88 Å². The second-order valence-corrected chi connectivity index (χ2v) is 7.62. The number of carbonyl (C=O) groups is 1. The molecule has 5 nitrogen and oxygen atoms in total. The molecular weight excluding hydrogens is 360 g/mol. The van der Waals surface area contributed by atoms with Crippen LogP contribution >= 0.6 is 0 Å². The molecule has 2 aromatic carbocycles. The molecule has 2 aromatic heterocycles. The Morgan fingerprint density at radius 1 is 1.10 bits per heavy atom. The third-order valence-electron chi connectivity index (χ3n) is 5.48. The van der Waals surface area contributed by atoms with Gasteiger partial charge in [0.15, 0.2) is 0 Å². The second-order valence-electron chi connectivity index (χ2n) is 7.62. The Labute approximate surface area is 171 Å². The van der Waals surface area contributed by atoms with Crippen LogP contribution in [0.25, 0.3) is 10.9 Å². The fourth-order valence-corrected chi connectivity index (χ4v) is 3.80. The van der Waals surface area contributed by atoms with E-state index in [1.807, 2.05) is 42.1 Å². The van der Waals surface area contributed by atoms with Gasteiger partial charge in [0.25, 0.3) is 5.91 Å². The van der Waals surface area contributed by atoms with Crippen molar-refractivity contribution in [2.45, 2.75) is 39.9 Å². The lowest BCUT2D eigenvalue weighted by Crippen LogP contribution is -2.35. The van der Waals surface area contributed by atoms with Gasteiger partial charge in [-0.15, -0.1) is 0 Å². The number of fused-ring (bicyclic) bond motifs is 1. The fraction of sp³-hybridized carbons (Fsp3) is 0.250. The van der Waals surface area contributed by atoms with Crippen molar-refractivity contribution in [3.63, 3.8) is 0 Å². The molecule has 1 atom stereocenters. The summed E-state index contributed by atoms with van der Waals surface area (Å²) in [6.45, 7) is 7.73. The van der Waals surface area contributed by atoms with Crippen molar-refractivity contribution in [3.8, 4) is 0 Å². The van der Waals surface area contributed by atoms with Gasteiger partial charge in [0, 0.05) is 47.1 Å². The third kappa shape index (κ3) is 3.94. The molecule has 29 heavy (non-hydrogen) atoms. The van der Waals surface area contributed by atoms with Crippen molar-refractivity contribution >= 4 is 16.8 Å². The van der Waals surface area contributed by atoms with Gasteiger partial charge in [-0.25, -0.2) is 0 Å². The Bertz CT molecular complexity index is 1130. The Kier molecular flexibility index (Phi) is 5.21. The minimum Gasteiger partial charge on any atom is -0.348 e. The molecule has 0 aliphatic heterocycles. The summed E-state index contributed by atoms with van der Waals surface area (Å²) in [5, 5.41) is 8.40. The molecule has 0 spiro atoms. The molecule has 4 rings (SSSR count). The zero-order valence-electron chi connectivity index (χ0n) is 17.1. The maximum atomic E-state index is 12.8. The number of aromatic nitrogens is 3. The maximum absolute atomic E-state index is 12.8. The first-order chi connectivity index (χ1) is 14.0. The van der Waals surface area contributed by atoms with Crippen LogP contribution in [0.5, 0.6) is 0 Å². The van der Waals surface area contributed by atoms with Crippen LogP contribution in [0.3, 0.4) is 0 Å². The fourth-order valence-electron chi connectivity index (χ4n) is 3.80. The van der Waals surface area contributed by atoms with Gasteiger partial charge in [-0.3, -0.25) is 9.48 Å². The topological polar surface area (TPSA) is 51.9 Å². The zero-order chi connectivity index (χ0) is 20.4. The highest BCUT2D eigenvalue weighted by atomic mass is 16.1. The number of amides is 1. The summed E-state index contributed by atoms with van der Waals surface area (Å²) in [5.74, 6) is -0.0561. The van der Waals surface area contributed by atoms with Gasteiger partial charge >= 0.3 is 0 Å². The van der Waals surface area contributed by atoms with Crippen LogP contribution < -0.4 is 5.32 Å². The SMILES string of the molecule is Cc1c(C)n(Cc2ccccc2)c2ccc(C(=O)NC(C)Cn3cccn3)cc12. The number of hydrogen-bond acceptors (Lipinski definition) is 2. The lowest BCUT2D eigenvalue weighted by Gasteiger charge is -2.14. The molecule has 1 N–H and O–H groups in total. The predicted octanol–water partition coefficient (Wildman–Crippen LogP) is 4.32. The van der Waals surface area contributed by atoms with Gasteiger partial charge in [-0.1, -0.05) is 30.3 Å². The van der Waals surface area contributed by atoms with Gasteiger partial charge in [-0.05, 0) is 56.2 Å². The van der Waals surface area contributed by atoms with Crippen LogP contribution in [0.2, 0.25) is 0 Å². The van der Waals surface area contributed by atoms with E-state index in [1.165, 1.54) is 16.8 Å². The van der Waals surface area contributed by atoms with E-state index in [9.17, 15) is 4.79 Å². The minimum absolute atomic E-state index is 0.0105. The van der Waals surface area contributed by atoms with Crippen molar-refractivity contribution in [3.05, 3.63) is 89.4 Å². The van der Waals surface area contributed by atoms with Crippen LogP contribution in [0.1, 0.15) is 34.1 Å². The summed E-state index contributed by atoms with van der Waals surface area (Å²) in [4.78, 5) is 12.8. The van der Waals surface area contributed by atoms with Crippen molar-refractivity contribution in [1.29, 1.82) is 0 Å². The van der Waals surface area contributed by atoms with Gasteiger partial charge in [0.1, 0.15) is 0 Å². The first kappa shape index (κ1) is 19.0. The highest BCUT2D eigenvalue weighted by Gasteiger charge is 2.15. The van der Waals surface area contributed by atoms with E-state index in [0.29, 0.717) is 12.1 Å². The largest absolute Gasteiger partial charge is 0.348 e. The second kappa shape index (κ2) is 7.95. The van der Waals surface area contributed by atoms with E-state index in [4.69, 9.17) is 0 Å². The van der Waals surface area contributed by atoms with E-state index >= 15 is 0 Å². The Hall–Kier alpha value is -3.34. The minimum atomic E-state index is -0.0561. The monoisotopic (exact) mass is 386 g/mol. The van der Waals surface area contributed by atoms with E-state index in [0.717, 1.165) is 17.4 Å². The Balaban J connectivity index is 1.57. The van der Waals surface area contributed by atoms with Crippen LogP contribution in [0.15, 0.2) is 67.0 Å². The summed E-state index contributed by atoms with van der Waals surface area (Å²) in [6.07, 6.45) is 3.64. The van der Waals surface area contributed by atoms with E-state index in [1.54, 1.807) is 6.20 Å². The predicted molar refractivity (Wildman–Crippen MR) is 116 cm³/mol. The lowest BCUT2D eigenvalue weighted by atomic mass is 10.1. The molecular formula is C24H26N4O. The van der Waals surface area contributed by atoms with E-state index in [-0.39, 0.29) is 11.9 Å². The number of carbonyl (C=O) groups excluding carboxylic acids is 1. The molecule has 1 unspecified atom stereocenters.